The second-order valence-electron chi connectivity index (χ2n) is 6.10. The van der Waals surface area contributed by atoms with E-state index in [1.807, 2.05) is 0 Å². The summed E-state index contributed by atoms with van der Waals surface area (Å²) in [6, 6.07) is 0.558. The van der Waals surface area contributed by atoms with E-state index in [-0.39, 0.29) is 5.41 Å². The van der Waals surface area contributed by atoms with E-state index in [4.69, 9.17) is 4.98 Å². The molecule has 0 aliphatic rings. The lowest BCUT2D eigenvalue weighted by molar-refractivity contribution is 0.520. The average Bonchev–Trinajstić information content (AvgIpc) is 2.69. The molecular weight excluding hydrogens is 242 g/mol. The number of nitrogens with one attached hydrogen (secondary N) is 1. The van der Waals surface area contributed by atoms with E-state index in [1.165, 1.54) is 10.6 Å². The molecule has 18 heavy (non-hydrogen) atoms. The fourth-order valence-electron chi connectivity index (χ4n) is 1.65. The zero-order valence-corrected chi connectivity index (χ0v) is 13.6. The highest BCUT2D eigenvalue weighted by Gasteiger charge is 2.23. The number of aromatic nitrogens is 1. The molecule has 0 amide bonds. The molecule has 0 bridgehead atoms. The summed E-state index contributed by atoms with van der Waals surface area (Å²) in [5.74, 6) is 0. The van der Waals surface area contributed by atoms with Crippen LogP contribution >= 0.6 is 11.3 Å². The summed E-state index contributed by atoms with van der Waals surface area (Å²) in [5, 5.41) is 4.66. The molecule has 0 saturated carbocycles. The average molecular weight is 269 g/mol. The van der Waals surface area contributed by atoms with Gasteiger partial charge in [-0.2, -0.15) is 0 Å². The maximum atomic E-state index is 4.79. The van der Waals surface area contributed by atoms with Crippen molar-refractivity contribution in [2.45, 2.75) is 59.0 Å². The Balaban J connectivity index is 2.94. The molecule has 1 aromatic rings. The van der Waals surface area contributed by atoms with Crippen molar-refractivity contribution in [3.8, 4) is 0 Å². The monoisotopic (exact) mass is 269 g/mol. The summed E-state index contributed by atoms with van der Waals surface area (Å²) in [4.78, 5) is 8.25. The normalized spacial score (nSPS) is 13.7. The zero-order valence-electron chi connectivity index (χ0n) is 12.8. The molecule has 0 spiro atoms. The Hall–Kier alpha value is -0.610. The minimum Gasteiger partial charge on any atom is -0.354 e. The van der Waals surface area contributed by atoms with Gasteiger partial charge in [0.15, 0.2) is 5.13 Å². The van der Waals surface area contributed by atoms with Crippen LogP contribution in [-0.4, -0.2) is 25.1 Å². The van der Waals surface area contributed by atoms with Gasteiger partial charge < -0.3 is 10.2 Å². The Morgan fingerprint density at radius 3 is 2.39 bits per heavy atom. The molecule has 104 valence electrons. The molecule has 0 aromatic carbocycles. The number of hydrogen-bond donors (Lipinski definition) is 1. The molecule has 0 radical (unpaired) electrons. The first-order valence-electron chi connectivity index (χ1n) is 6.66. The smallest absolute Gasteiger partial charge is 0.185 e. The summed E-state index contributed by atoms with van der Waals surface area (Å²) >= 11 is 1.80. The van der Waals surface area contributed by atoms with Crippen LogP contribution in [0.3, 0.4) is 0 Å². The second-order valence-corrected chi connectivity index (χ2v) is 7.16. The van der Waals surface area contributed by atoms with Crippen molar-refractivity contribution in [1.82, 2.24) is 10.3 Å². The lowest BCUT2D eigenvalue weighted by Crippen LogP contribution is -2.25. The summed E-state index contributed by atoms with van der Waals surface area (Å²) in [7, 11) is 4.11. The van der Waals surface area contributed by atoms with Crippen LogP contribution in [0.1, 0.15) is 51.6 Å². The molecule has 0 aliphatic carbocycles. The number of hydrogen-bond acceptors (Lipinski definition) is 4. The second kappa shape index (κ2) is 6.02. The molecule has 1 rings (SSSR count). The van der Waals surface area contributed by atoms with E-state index in [2.05, 4.69) is 58.9 Å². The highest BCUT2D eigenvalue weighted by molar-refractivity contribution is 7.15. The van der Waals surface area contributed by atoms with Gasteiger partial charge in [0.25, 0.3) is 0 Å². The van der Waals surface area contributed by atoms with Gasteiger partial charge in [0.1, 0.15) is 0 Å². The van der Waals surface area contributed by atoms with Gasteiger partial charge in [-0.05, 0) is 13.3 Å². The van der Waals surface area contributed by atoms with Gasteiger partial charge in [0, 0.05) is 37.0 Å². The molecule has 3 nitrogen and oxygen atoms in total. The minimum atomic E-state index is 0.108. The van der Waals surface area contributed by atoms with Crippen LogP contribution in [0.4, 0.5) is 5.13 Å². The van der Waals surface area contributed by atoms with Crippen LogP contribution in [0.25, 0.3) is 0 Å². The number of nitrogens with zero attached hydrogens (tertiary/aromatic N) is 2. The Bertz CT molecular complexity index is 377. The van der Waals surface area contributed by atoms with Gasteiger partial charge in [-0.25, -0.2) is 4.98 Å². The van der Waals surface area contributed by atoms with Crippen LogP contribution in [0.15, 0.2) is 0 Å². The first-order chi connectivity index (χ1) is 8.25. The van der Waals surface area contributed by atoms with Crippen LogP contribution < -0.4 is 10.2 Å². The largest absolute Gasteiger partial charge is 0.354 e. The van der Waals surface area contributed by atoms with Gasteiger partial charge in [-0.3, -0.25) is 0 Å². The summed E-state index contributed by atoms with van der Waals surface area (Å²) in [6.45, 7) is 12.1. The number of anilines is 1. The van der Waals surface area contributed by atoms with Crippen molar-refractivity contribution in [2.24, 2.45) is 0 Å². The lowest BCUT2D eigenvalue weighted by atomic mass is 9.91. The van der Waals surface area contributed by atoms with Gasteiger partial charge in [0.05, 0.1) is 5.69 Å². The molecule has 1 aromatic heterocycles. The molecular formula is C14H27N3S. The van der Waals surface area contributed by atoms with Crippen molar-refractivity contribution in [3.63, 3.8) is 0 Å². The standard InChI is InChI=1S/C14H27N3S/c1-8-10(2)15-9-11-12(14(3,4)5)16-13(18-11)17(6)7/h10,15H,8-9H2,1-7H3. The van der Waals surface area contributed by atoms with Crippen molar-refractivity contribution in [2.75, 3.05) is 19.0 Å². The van der Waals surface area contributed by atoms with Crippen LogP contribution in [0.2, 0.25) is 0 Å². The summed E-state index contributed by atoms with van der Waals surface area (Å²) in [6.07, 6.45) is 1.16. The third kappa shape index (κ3) is 3.95. The fraction of sp³-hybridized carbons (Fsp3) is 0.786. The molecule has 1 N–H and O–H groups in total. The number of rotatable bonds is 5. The number of thiazole rings is 1. The van der Waals surface area contributed by atoms with E-state index in [0.29, 0.717) is 6.04 Å². The Labute approximate surface area is 116 Å². The van der Waals surface area contributed by atoms with Crippen molar-refractivity contribution in [1.29, 1.82) is 0 Å². The minimum absolute atomic E-state index is 0.108. The Kier molecular flexibility index (Phi) is 5.17. The first kappa shape index (κ1) is 15.4. The maximum Gasteiger partial charge on any atom is 0.185 e. The van der Waals surface area contributed by atoms with E-state index < -0.39 is 0 Å². The van der Waals surface area contributed by atoms with E-state index >= 15 is 0 Å². The van der Waals surface area contributed by atoms with Gasteiger partial charge in [0.2, 0.25) is 0 Å². The van der Waals surface area contributed by atoms with Crippen molar-refractivity contribution in [3.05, 3.63) is 10.6 Å². The van der Waals surface area contributed by atoms with Crippen LogP contribution in [-0.2, 0) is 12.0 Å². The fourth-order valence-corrected chi connectivity index (χ4v) is 2.79. The molecule has 1 atom stereocenters. The third-order valence-corrected chi connectivity index (χ3v) is 4.23. The van der Waals surface area contributed by atoms with Crippen molar-refractivity contribution < 1.29 is 0 Å². The molecule has 1 unspecified atom stereocenters. The third-order valence-electron chi connectivity index (χ3n) is 3.00. The Morgan fingerprint density at radius 1 is 1.33 bits per heavy atom. The maximum absolute atomic E-state index is 4.79. The highest BCUT2D eigenvalue weighted by Crippen LogP contribution is 2.33. The van der Waals surface area contributed by atoms with E-state index in [0.717, 1.165) is 18.1 Å². The zero-order chi connectivity index (χ0) is 13.9. The van der Waals surface area contributed by atoms with Gasteiger partial charge in [-0.15, -0.1) is 11.3 Å². The van der Waals surface area contributed by atoms with Gasteiger partial charge >= 0.3 is 0 Å². The molecule has 0 saturated heterocycles. The predicted octanol–water partition coefficient (Wildman–Crippen LogP) is 3.39. The quantitative estimate of drug-likeness (QED) is 0.888. The lowest BCUT2D eigenvalue weighted by Gasteiger charge is -2.18. The topological polar surface area (TPSA) is 28.2 Å². The molecule has 1 heterocycles. The summed E-state index contributed by atoms with van der Waals surface area (Å²) < 4.78 is 0. The van der Waals surface area contributed by atoms with Gasteiger partial charge in [-0.1, -0.05) is 27.7 Å². The summed E-state index contributed by atoms with van der Waals surface area (Å²) in [5.41, 5.74) is 1.34. The first-order valence-corrected chi connectivity index (χ1v) is 7.48. The molecule has 4 heteroatoms. The van der Waals surface area contributed by atoms with E-state index in [1.54, 1.807) is 11.3 Å². The molecule has 0 aliphatic heterocycles. The Morgan fingerprint density at radius 2 is 1.94 bits per heavy atom. The van der Waals surface area contributed by atoms with Crippen LogP contribution in [0.5, 0.6) is 0 Å². The van der Waals surface area contributed by atoms with Crippen molar-refractivity contribution >= 4 is 16.5 Å². The van der Waals surface area contributed by atoms with Crippen LogP contribution in [0, 0.1) is 0 Å². The highest BCUT2D eigenvalue weighted by atomic mass is 32.1. The van der Waals surface area contributed by atoms with E-state index in [9.17, 15) is 0 Å². The SMILES string of the molecule is CCC(C)NCc1sc(N(C)C)nc1C(C)(C)C. The molecule has 0 fully saturated rings. The predicted molar refractivity (Wildman–Crippen MR) is 81.7 cm³/mol.